The van der Waals surface area contributed by atoms with Crippen molar-refractivity contribution in [1.29, 1.82) is 0 Å². The fourth-order valence-corrected chi connectivity index (χ4v) is 9.74. The SMILES string of the molecule is CC.C[C@]12CCC(=O)C=C1C1CC1C1C2CC[C@@]2(C)C1C1CC1[C@@]21CCC(=O)O1. The van der Waals surface area contributed by atoms with Gasteiger partial charge in [-0.1, -0.05) is 33.3 Å². The zero-order valence-corrected chi connectivity index (χ0v) is 18.5. The number of carbonyl (C=O) groups excluding carboxylic acids is 2. The molecule has 0 radical (unpaired) electrons. The summed E-state index contributed by atoms with van der Waals surface area (Å²) in [4.78, 5) is 24.3. The Balaban J connectivity index is 0.000000803. The normalized spacial score (nSPS) is 57.9. The Morgan fingerprint density at radius 2 is 1.76 bits per heavy atom. The van der Waals surface area contributed by atoms with E-state index in [-0.39, 0.29) is 22.4 Å². The second-order valence-corrected chi connectivity index (χ2v) is 11.5. The van der Waals surface area contributed by atoms with Crippen LogP contribution in [0.2, 0.25) is 0 Å². The molecule has 0 amide bonds. The predicted molar refractivity (Wildman–Crippen MR) is 111 cm³/mol. The van der Waals surface area contributed by atoms with Crippen LogP contribution in [0.3, 0.4) is 0 Å². The van der Waals surface area contributed by atoms with Crippen LogP contribution >= 0.6 is 0 Å². The standard InChI is InChI=1S/C24H30O3.C2H6/c1-22-6-3-12(25)9-17(22)13-10-14(13)20-16(22)4-7-23(2)21(20)15-11-18(15)24(23)8-5-19(26)27-24;1-2/h9,13-16,18,20-21H,3-8,10-11H2,1-2H3;1-2H3/t13?,14?,15?,16?,18?,20?,21?,22-,23+,24+;/m1./s1. The van der Waals surface area contributed by atoms with Crippen molar-refractivity contribution in [3.05, 3.63) is 11.6 Å². The van der Waals surface area contributed by atoms with Crippen molar-refractivity contribution in [1.82, 2.24) is 0 Å². The average molecular weight is 397 g/mol. The minimum atomic E-state index is -0.131. The molecule has 1 spiro atoms. The fourth-order valence-electron chi connectivity index (χ4n) is 9.74. The monoisotopic (exact) mass is 396 g/mol. The van der Waals surface area contributed by atoms with Crippen molar-refractivity contribution in [2.75, 3.05) is 0 Å². The Morgan fingerprint density at radius 1 is 0.966 bits per heavy atom. The van der Waals surface area contributed by atoms with E-state index in [0.29, 0.717) is 24.0 Å². The molecule has 3 nitrogen and oxygen atoms in total. The summed E-state index contributed by atoms with van der Waals surface area (Å²) in [6.07, 6.45) is 10.6. The third kappa shape index (κ3) is 2.01. The average Bonchev–Trinajstić information content (AvgIpc) is 3.61. The second kappa shape index (κ2) is 5.56. The first-order valence-electron chi connectivity index (χ1n) is 12.4. The van der Waals surface area contributed by atoms with Gasteiger partial charge in [-0.2, -0.15) is 0 Å². The number of esters is 1. The minimum absolute atomic E-state index is 0.0561. The number of carbonyl (C=O) groups is 2. The van der Waals surface area contributed by atoms with Gasteiger partial charge in [0.05, 0.1) is 0 Å². The molecule has 1 aliphatic heterocycles. The van der Waals surface area contributed by atoms with Crippen LogP contribution in [0.1, 0.15) is 79.1 Å². The van der Waals surface area contributed by atoms with Crippen LogP contribution in [0, 0.1) is 52.3 Å². The maximum atomic E-state index is 12.2. The molecule has 6 aliphatic carbocycles. The van der Waals surface area contributed by atoms with Gasteiger partial charge < -0.3 is 4.74 Å². The molecule has 10 atom stereocenters. The molecule has 6 fully saturated rings. The first kappa shape index (κ1) is 18.6. The van der Waals surface area contributed by atoms with Crippen LogP contribution in [-0.2, 0) is 14.3 Å². The van der Waals surface area contributed by atoms with E-state index in [2.05, 4.69) is 19.9 Å². The van der Waals surface area contributed by atoms with Gasteiger partial charge in [0, 0.05) is 24.2 Å². The lowest BCUT2D eigenvalue weighted by Crippen LogP contribution is -2.57. The number of hydrogen-bond acceptors (Lipinski definition) is 3. The van der Waals surface area contributed by atoms with Crippen molar-refractivity contribution in [2.45, 2.75) is 84.7 Å². The molecule has 0 aromatic rings. The molecule has 1 heterocycles. The maximum absolute atomic E-state index is 12.2. The quantitative estimate of drug-likeness (QED) is 0.520. The molecule has 5 saturated carbocycles. The van der Waals surface area contributed by atoms with Crippen molar-refractivity contribution < 1.29 is 14.3 Å². The molecule has 0 N–H and O–H groups in total. The zero-order valence-electron chi connectivity index (χ0n) is 18.5. The van der Waals surface area contributed by atoms with E-state index in [4.69, 9.17) is 4.74 Å². The van der Waals surface area contributed by atoms with Gasteiger partial charge in [0.2, 0.25) is 0 Å². The van der Waals surface area contributed by atoms with E-state index in [0.717, 1.165) is 48.9 Å². The summed E-state index contributed by atoms with van der Waals surface area (Å²) < 4.78 is 6.22. The molecule has 0 bridgehead atoms. The first-order valence-corrected chi connectivity index (χ1v) is 12.4. The minimum Gasteiger partial charge on any atom is -0.458 e. The molecule has 29 heavy (non-hydrogen) atoms. The molecule has 7 unspecified atom stereocenters. The lowest BCUT2D eigenvalue weighted by atomic mass is 9.45. The highest BCUT2D eigenvalue weighted by Crippen LogP contribution is 2.82. The number of hydrogen-bond donors (Lipinski definition) is 0. The van der Waals surface area contributed by atoms with E-state index in [1.165, 1.54) is 31.3 Å². The summed E-state index contributed by atoms with van der Waals surface area (Å²) >= 11 is 0. The number of rotatable bonds is 0. The van der Waals surface area contributed by atoms with E-state index in [1.807, 2.05) is 13.8 Å². The summed E-state index contributed by atoms with van der Waals surface area (Å²) in [5.74, 6) is 5.65. The smallest absolute Gasteiger partial charge is 0.306 e. The van der Waals surface area contributed by atoms with Gasteiger partial charge >= 0.3 is 5.97 Å². The van der Waals surface area contributed by atoms with Gasteiger partial charge in [0.25, 0.3) is 0 Å². The van der Waals surface area contributed by atoms with Crippen molar-refractivity contribution in [3.8, 4) is 0 Å². The summed E-state index contributed by atoms with van der Waals surface area (Å²) in [7, 11) is 0. The first-order chi connectivity index (χ1) is 13.9. The van der Waals surface area contributed by atoms with Gasteiger partial charge in [0.1, 0.15) is 5.60 Å². The van der Waals surface area contributed by atoms with Gasteiger partial charge in [-0.3, -0.25) is 9.59 Å². The van der Waals surface area contributed by atoms with Gasteiger partial charge in [-0.15, -0.1) is 0 Å². The Kier molecular flexibility index (Phi) is 3.58. The summed E-state index contributed by atoms with van der Waals surface area (Å²) in [5.41, 5.74) is 1.85. The fraction of sp³-hybridized carbons (Fsp3) is 0.846. The van der Waals surface area contributed by atoms with Crippen LogP contribution < -0.4 is 0 Å². The predicted octanol–water partition coefficient (Wildman–Crippen LogP) is 5.33. The van der Waals surface area contributed by atoms with Crippen LogP contribution in [0.25, 0.3) is 0 Å². The third-order valence-electron chi connectivity index (χ3n) is 10.9. The Morgan fingerprint density at radius 3 is 2.48 bits per heavy atom. The highest BCUT2D eigenvalue weighted by atomic mass is 16.6. The van der Waals surface area contributed by atoms with Gasteiger partial charge in [-0.05, 0) is 85.5 Å². The van der Waals surface area contributed by atoms with Crippen LogP contribution in [0.15, 0.2) is 11.6 Å². The summed E-state index contributed by atoms with van der Waals surface area (Å²) in [6.45, 7) is 8.99. The van der Waals surface area contributed by atoms with Gasteiger partial charge in [-0.25, -0.2) is 0 Å². The molecule has 3 heteroatoms. The highest BCUT2D eigenvalue weighted by molar-refractivity contribution is 5.92. The lowest BCUT2D eigenvalue weighted by Gasteiger charge is -2.60. The summed E-state index contributed by atoms with van der Waals surface area (Å²) in [5, 5.41) is 0. The van der Waals surface area contributed by atoms with E-state index in [9.17, 15) is 9.59 Å². The topological polar surface area (TPSA) is 43.4 Å². The van der Waals surface area contributed by atoms with E-state index < -0.39 is 0 Å². The molecule has 7 rings (SSSR count). The van der Waals surface area contributed by atoms with Crippen molar-refractivity contribution in [3.63, 3.8) is 0 Å². The van der Waals surface area contributed by atoms with Crippen LogP contribution in [-0.4, -0.2) is 17.4 Å². The number of allylic oxidation sites excluding steroid dienone is 1. The lowest BCUT2D eigenvalue weighted by molar-refractivity contribution is -0.177. The number of fused-ring (bicyclic) bond motifs is 12. The van der Waals surface area contributed by atoms with Crippen LogP contribution in [0.4, 0.5) is 0 Å². The largest absolute Gasteiger partial charge is 0.458 e. The molecule has 0 aromatic heterocycles. The molecular formula is C26H36O3. The second-order valence-electron chi connectivity index (χ2n) is 11.5. The number of ketones is 1. The zero-order chi connectivity index (χ0) is 20.3. The number of ether oxygens (including phenoxy) is 1. The molecule has 0 aromatic carbocycles. The Hall–Kier alpha value is -1.12. The Bertz CT molecular complexity index is 828. The molecule has 158 valence electrons. The van der Waals surface area contributed by atoms with Crippen molar-refractivity contribution >= 4 is 11.8 Å². The van der Waals surface area contributed by atoms with E-state index in [1.54, 1.807) is 0 Å². The van der Waals surface area contributed by atoms with Crippen LogP contribution in [0.5, 0.6) is 0 Å². The third-order valence-corrected chi connectivity index (χ3v) is 10.9. The molecule has 7 aliphatic rings. The van der Waals surface area contributed by atoms with E-state index >= 15 is 0 Å². The van der Waals surface area contributed by atoms with Gasteiger partial charge in [0.15, 0.2) is 5.78 Å². The molecule has 1 saturated heterocycles. The summed E-state index contributed by atoms with van der Waals surface area (Å²) in [6, 6.07) is 0. The molecular weight excluding hydrogens is 360 g/mol. The van der Waals surface area contributed by atoms with Crippen molar-refractivity contribution in [2.24, 2.45) is 52.3 Å². The highest BCUT2D eigenvalue weighted by Gasteiger charge is 2.81. The maximum Gasteiger partial charge on any atom is 0.306 e. The Labute approximate surface area is 175 Å².